The number of ketones is 1. The van der Waals surface area contributed by atoms with Crippen LogP contribution in [0.5, 0.6) is 0 Å². The minimum Gasteiger partial charge on any atom is -0.646 e. The van der Waals surface area contributed by atoms with Crippen molar-refractivity contribution in [1.82, 2.24) is 0 Å². The van der Waals surface area contributed by atoms with Crippen molar-refractivity contribution in [2.24, 2.45) is 5.92 Å². The first-order chi connectivity index (χ1) is 9.63. The fraction of sp³-hybridized carbons (Fsp3) is 0.133. The van der Waals surface area contributed by atoms with Crippen LogP contribution in [-0.2, 0) is 15.5 Å². The molecule has 0 aromatic heterocycles. The zero-order chi connectivity index (χ0) is 14.3. The summed E-state index contributed by atoms with van der Waals surface area (Å²) < 4.78 is 17.2. The largest absolute Gasteiger partial charge is 0.646 e. The molecule has 1 aliphatic heterocycles. The van der Waals surface area contributed by atoms with Crippen LogP contribution in [0, 0.1) is 5.92 Å². The van der Waals surface area contributed by atoms with E-state index in [0.29, 0.717) is 20.9 Å². The minimum atomic E-state index is -1.84. The van der Waals surface area contributed by atoms with Gasteiger partial charge in [0.25, 0.3) is 0 Å². The van der Waals surface area contributed by atoms with E-state index in [1.165, 1.54) is 19.2 Å². The van der Waals surface area contributed by atoms with Gasteiger partial charge in [-0.1, -0.05) is 18.2 Å². The van der Waals surface area contributed by atoms with E-state index < -0.39 is 22.7 Å². The predicted octanol–water partition coefficient (Wildman–Crippen LogP) is 1.42. The number of fused-ring (bicyclic) bond motifs is 2. The van der Waals surface area contributed by atoms with Crippen LogP contribution in [-0.4, -0.2) is 28.3 Å². The van der Waals surface area contributed by atoms with E-state index in [2.05, 4.69) is 4.74 Å². The summed E-state index contributed by atoms with van der Waals surface area (Å²) in [5, 5.41) is 0. The first kappa shape index (κ1) is 13.0. The predicted molar refractivity (Wildman–Crippen MR) is 76.7 cm³/mol. The maximum Gasteiger partial charge on any atom is 0.338 e. The summed E-state index contributed by atoms with van der Waals surface area (Å²) >= 11 is 0. The van der Waals surface area contributed by atoms with Crippen molar-refractivity contribution in [2.75, 3.05) is 7.11 Å². The van der Waals surface area contributed by atoms with Crippen LogP contribution < -0.4 is 0 Å². The molecule has 3 rings (SSSR count). The fourth-order valence-electron chi connectivity index (χ4n) is 2.41. The smallest absolute Gasteiger partial charge is 0.338 e. The Bertz CT molecular complexity index is 713. The zero-order valence-corrected chi connectivity index (χ0v) is 11.6. The Morgan fingerprint density at radius 1 is 1.35 bits per heavy atom. The first-order valence-electron chi connectivity index (χ1n) is 6.09. The number of carbonyl (C=O) groups is 2. The van der Waals surface area contributed by atoms with E-state index in [9.17, 15) is 14.1 Å². The van der Waals surface area contributed by atoms with Crippen molar-refractivity contribution in [3.8, 4) is 0 Å². The average Bonchev–Trinajstić information content (AvgIpc) is 2.51. The van der Waals surface area contributed by atoms with Crippen LogP contribution in [0.3, 0.4) is 0 Å². The van der Waals surface area contributed by atoms with Crippen molar-refractivity contribution < 1.29 is 18.9 Å². The van der Waals surface area contributed by atoms with Gasteiger partial charge in [-0.3, -0.25) is 4.79 Å². The quantitative estimate of drug-likeness (QED) is 0.339. The summed E-state index contributed by atoms with van der Waals surface area (Å²) in [4.78, 5) is 24.9. The third-order valence-electron chi connectivity index (χ3n) is 3.42. The number of rotatable bonds is 1. The lowest BCUT2D eigenvalue weighted by atomic mass is 9.91. The molecule has 1 aliphatic carbocycles. The lowest BCUT2D eigenvalue weighted by Crippen LogP contribution is -2.31. The van der Waals surface area contributed by atoms with E-state index in [4.69, 9.17) is 0 Å². The highest BCUT2D eigenvalue weighted by Gasteiger charge is 2.34. The second kappa shape index (κ2) is 4.85. The Labute approximate surface area is 118 Å². The van der Waals surface area contributed by atoms with Gasteiger partial charge in [-0.15, -0.1) is 10.8 Å². The number of Topliss-reactive ketones (excluding diaryl/α,β-unsaturated/α-hetero) is 1. The van der Waals surface area contributed by atoms with Crippen LogP contribution in [0.1, 0.15) is 20.7 Å². The summed E-state index contributed by atoms with van der Waals surface area (Å²) in [5.41, 5.74) is 0.726. The molecule has 2 unspecified atom stereocenters. The summed E-state index contributed by atoms with van der Waals surface area (Å²) in [5.74, 6) is -1.03. The van der Waals surface area contributed by atoms with Crippen LogP contribution in [0.15, 0.2) is 47.4 Å². The molecular formula is C15H12O4S. The maximum absolute atomic E-state index is 12.6. The average molecular weight is 288 g/mol. The molecule has 0 spiro atoms. The van der Waals surface area contributed by atoms with Crippen molar-refractivity contribution in [2.45, 2.75) is 4.90 Å². The molecule has 0 bridgehead atoms. The van der Waals surface area contributed by atoms with Gasteiger partial charge < -0.3 is 9.29 Å². The van der Waals surface area contributed by atoms with Gasteiger partial charge in [0.05, 0.1) is 18.2 Å². The summed E-state index contributed by atoms with van der Waals surface area (Å²) in [6.45, 7) is 0. The molecule has 0 amide bonds. The van der Waals surface area contributed by atoms with Gasteiger partial charge in [0.1, 0.15) is 15.7 Å². The Kier molecular flexibility index (Phi) is 3.16. The van der Waals surface area contributed by atoms with Crippen molar-refractivity contribution in [3.63, 3.8) is 0 Å². The molecule has 1 heterocycles. The molecular weight excluding hydrogens is 276 g/mol. The lowest BCUT2D eigenvalue weighted by Gasteiger charge is -2.25. The maximum atomic E-state index is 12.6. The molecule has 102 valence electrons. The van der Waals surface area contributed by atoms with Crippen molar-refractivity contribution >= 4 is 27.4 Å². The Balaban J connectivity index is 2.20. The van der Waals surface area contributed by atoms with E-state index in [-0.39, 0.29) is 5.78 Å². The van der Waals surface area contributed by atoms with Crippen molar-refractivity contribution in [1.29, 1.82) is 0 Å². The standard InChI is InChI=1S/C15H12O4S/c1-19-15(17)9-6-7-11-13(8-9)20(18)12-5-3-2-4-10(12)14(11)16/h2-8,10,20H,1H3. The second-order valence-corrected chi connectivity index (χ2v) is 6.12. The van der Waals surface area contributed by atoms with E-state index in [1.807, 2.05) is 0 Å². The van der Waals surface area contributed by atoms with Gasteiger partial charge in [0.15, 0.2) is 5.78 Å². The van der Waals surface area contributed by atoms with Gasteiger partial charge in [-0.25, -0.2) is 4.79 Å². The van der Waals surface area contributed by atoms with Gasteiger partial charge in [0.2, 0.25) is 0 Å². The van der Waals surface area contributed by atoms with Crippen LogP contribution in [0.4, 0.5) is 0 Å². The van der Waals surface area contributed by atoms with Gasteiger partial charge in [0, 0.05) is 6.07 Å². The minimum absolute atomic E-state index is 0.0818. The van der Waals surface area contributed by atoms with Gasteiger partial charge in [-0.05, 0) is 18.2 Å². The lowest BCUT2D eigenvalue weighted by molar-refractivity contribution is 0.0600. The Morgan fingerprint density at radius 2 is 2.15 bits per heavy atom. The molecule has 0 N–H and O–H groups in total. The highest BCUT2D eigenvalue weighted by atomic mass is 32.2. The number of methoxy groups -OCH3 is 1. The summed E-state index contributed by atoms with van der Waals surface area (Å²) in [6.07, 6.45) is 7.02. The number of esters is 1. The second-order valence-electron chi connectivity index (χ2n) is 4.53. The molecule has 1 aromatic carbocycles. The number of benzene rings is 1. The number of ether oxygens (including phenoxy) is 1. The molecule has 5 heteroatoms. The topological polar surface area (TPSA) is 66.4 Å². The SMILES string of the molecule is COC(=O)c1ccc2c(c1)[SH+]([O-])=C1C=CC=CC1C2=O. The Hall–Kier alpha value is -1.98. The Morgan fingerprint density at radius 3 is 2.90 bits per heavy atom. The summed E-state index contributed by atoms with van der Waals surface area (Å²) in [7, 11) is -0.553. The third-order valence-corrected chi connectivity index (χ3v) is 5.12. The molecule has 20 heavy (non-hydrogen) atoms. The van der Waals surface area contributed by atoms with Crippen LogP contribution in [0.25, 0.3) is 0 Å². The first-order valence-corrected chi connectivity index (χ1v) is 7.35. The molecule has 4 nitrogen and oxygen atoms in total. The monoisotopic (exact) mass is 288 g/mol. The molecule has 0 fully saturated rings. The molecule has 0 saturated carbocycles. The molecule has 1 aromatic rings. The summed E-state index contributed by atoms with van der Waals surface area (Å²) in [6, 6.07) is 4.58. The van der Waals surface area contributed by atoms with Gasteiger partial charge >= 0.3 is 5.97 Å². The van der Waals surface area contributed by atoms with Crippen molar-refractivity contribution in [3.05, 3.63) is 53.6 Å². The highest BCUT2D eigenvalue weighted by Crippen LogP contribution is 2.29. The number of hydrogen-bond acceptors (Lipinski definition) is 4. The van der Waals surface area contributed by atoms with Crippen LogP contribution >= 0.6 is 0 Å². The molecule has 0 saturated heterocycles. The molecule has 0 radical (unpaired) electrons. The number of thiol groups is 1. The molecule has 2 atom stereocenters. The van der Waals surface area contributed by atoms with E-state index in [1.54, 1.807) is 30.4 Å². The number of allylic oxidation sites excluding steroid dienone is 4. The fourth-order valence-corrected chi connectivity index (χ4v) is 4.02. The highest BCUT2D eigenvalue weighted by molar-refractivity contribution is 7.91. The van der Waals surface area contributed by atoms with E-state index >= 15 is 0 Å². The van der Waals surface area contributed by atoms with Crippen LogP contribution in [0.2, 0.25) is 0 Å². The number of hydrogen-bond donors (Lipinski definition) is 0. The molecule has 2 aliphatic rings. The number of carbonyl (C=O) groups excluding carboxylic acids is 2. The zero-order valence-electron chi connectivity index (χ0n) is 10.7. The normalized spacial score (nSPS) is 23.3. The third kappa shape index (κ3) is 1.87. The van der Waals surface area contributed by atoms with Gasteiger partial charge in [-0.2, -0.15) is 0 Å². The van der Waals surface area contributed by atoms with E-state index in [0.717, 1.165) is 0 Å².